The highest BCUT2D eigenvalue weighted by Crippen LogP contribution is 2.25. The lowest BCUT2D eigenvalue weighted by molar-refractivity contribution is 0.0659. The van der Waals surface area contributed by atoms with E-state index in [-0.39, 0.29) is 5.91 Å². The summed E-state index contributed by atoms with van der Waals surface area (Å²) in [5.41, 5.74) is 3.39. The second-order valence-corrected chi connectivity index (χ2v) is 7.34. The van der Waals surface area contributed by atoms with Crippen molar-refractivity contribution in [3.8, 4) is 23.0 Å². The number of aryl methyl sites for hydroxylation is 1. The zero-order valence-electron chi connectivity index (χ0n) is 17.0. The number of hydrogen-bond donors (Lipinski definition) is 0. The van der Waals surface area contributed by atoms with Crippen molar-refractivity contribution < 1.29 is 9.53 Å². The lowest BCUT2D eigenvalue weighted by Gasteiger charge is -2.31. The first-order valence-electron chi connectivity index (χ1n) is 9.70. The van der Waals surface area contributed by atoms with Crippen molar-refractivity contribution >= 4 is 5.91 Å². The number of ether oxygens (including phenoxy) is 1. The summed E-state index contributed by atoms with van der Waals surface area (Å²) in [6.07, 6.45) is 3.54. The van der Waals surface area contributed by atoms with Gasteiger partial charge in [0.15, 0.2) is 0 Å². The highest BCUT2D eigenvalue weighted by Gasteiger charge is 2.24. The molecule has 3 aromatic rings. The van der Waals surface area contributed by atoms with Crippen molar-refractivity contribution in [2.45, 2.75) is 6.92 Å². The molecule has 0 aliphatic carbocycles. The molecule has 1 fully saturated rings. The van der Waals surface area contributed by atoms with Crippen LogP contribution in [0.5, 0.6) is 5.88 Å². The number of nitrogens with zero attached hydrogens (tertiary/aromatic N) is 5. The van der Waals surface area contributed by atoms with E-state index < -0.39 is 0 Å². The van der Waals surface area contributed by atoms with E-state index >= 15 is 0 Å². The van der Waals surface area contributed by atoms with Crippen LogP contribution in [0, 0.1) is 6.92 Å². The number of likely N-dealkylation sites (N-methyl/N-ethyl adjacent to an activating group) is 1. The topological polar surface area (TPSA) is 63.5 Å². The molecular weight excluding hydrogens is 366 g/mol. The molecule has 1 aliphatic heterocycles. The molecule has 1 aliphatic rings. The van der Waals surface area contributed by atoms with Gasteiger partial charge in [-0.15, -0.1) is 0 Å². The average molecular weight is 391 g/mol. The van der Waals surface area contributed by atoms with Crippen molar-refractivity contribution in [3.63, 3.8) is 0 Å². The van der Waals surface area contributed by atoms with Crippen LogP contribution in [0.25, 0.3) is 17.1 Å². The molecule has 29 heavy (non-hydrogen) atoms. The third-order valence-electron chi connectivity index (χ3n) is 5.23. The Morgan fingerprint density at radius 2 is 1.76 bits per heavy atom. The van der Waals surface area contributed by atoms with Gasteiger partial charge in [0.1, 0.15) is 11.5 Å². The van der Waals surface area contributed by atoms with Gasteiger partial charge in [0.2, 0.25) is 5.88 Å². The third-order valence-corrected chi connectivity index (χ3v) is 5.23. The number of benzene rings is 1. The monoisotopic (exact) mass is 391 g/mol. The number of hydrogen-bond acceptors (Lipinski definition) is 5. The molecule has 7 nitrogen and oxygen atoms in total. The molecular formula is C22H25N5O2. The number of methoxy groups -OCH3 is 1. The fourth-order valence-electron chi connectivity index (χ4n) is 3.39. The van der Waals surface area contributed by atoms with Crippen LogP contribution in [0.1, 0.15) is 16.1 Å². The Balaban J connectivity index is 1.73. The quantitative estimate of drug-likeness (QED) is 0.684. The van der Waals surface area contributed by atoms with Gasteiger partial charge in [-0.05, 0) is 32.2 Å². The summed E-state index contributed by atoms with van der Waals surface area (Å²) in [4.78, 5) is 26.2. The Kier molecular flexibility index (Phi) is 5.31. The number of pyridine rings is 1. The number of carbonyl (C=O) groups excluding carboxylic acids is 1. The summed E-state index contributed by atoms with van der Waals surface area (Å²) in [7, 11) is 3.66. The molecule has 4 rings (SSSR count). The van der Waals surface area contributed by atoms with Gasteiger partial charge < -0.3 is 14.5 Å². The smallest absolute Gasteiger partial charge is 0.274 e. The van der Waals surface area contributed by atoms with Crippen LogP contribution in [-0.4, -0.2) is 70.6 Å². The first kappa shape index (κ1) is 19.1. The molecule has 7 heteroatoms. The minimum Gasteiger partial charge on any atom is -0.481 e. The van der Waals surface area contributed by atoms with Gasteiger partial charge in [-0.25, -0.2) is 9.97 Å². The summed E-state index contributed by atoms with van der Waals surface area (Å²) in [6, 6.07) is 11.9. The molecule has 0 N–H and O–H groups in total. The van der Waals surface area contributed by atoms with Crippen LogP contribution >= 0.6 is 0 Å². The molecule has 0 radical (unpaired) electrons. The van der Waals surface area contributed by atoms with Crippen molar-refractivity contribution in [1.82, 2.24) is 24.3 Å². The number of rotatable bonds is 4. The summed E-state index contributed by atoms with van der Waals surface area (Å²) in [6.45, 7) is 5.23. The average Bonchev–Trinajstić information content (AvgIpc) is 3.20. The first-order chi connectivity index (χ1) is 14.0. The van der Waals surface area contributed by atoms with Gasteiger partial charge in [0, 0.05) is 55.9 Å². The number of piperazine rings is 1. The fourth-order valence-corrected chi connectivity index (χ4v) is 3.39. The normalized spacial score (nSPS) is 14.8. The van der Waals surface area contributed by atoms with E-state index in [2.05, 4.69) is 16.9 Å². The predicted molar refractivity (Wildman–Crippen MR) is 111 cm³/mol. The predicted octanol–water partition coefficient (Wildman–Crippen LogP) is 2.64. The summed E-state index contributed by atoms with van der Waals surface area (Å²) < 4.78 is 7.11. The van der Waals surface area contributed by atoms with E-state index in [9.17, 15) is 4.79 Å². The Morgan fingerprint density at radius 3 is 2.38 bits per heavy atom. The van der Waals surface area contributed by atoms with E-state index in [0.717, 1.165) is 24.3 Å². The highest BCUT2D eigenvalue weighted by atomic mass is 16.5. The second kappa shape index (κ2) is 8.05. The summed E-state index contributed by atoms with van der Waals surface area (Å²) >= 11 is 0. The zero-order valence-corrected chi connectivity index (χ0v) is 17.0. The zero-order chi connectivity index (χ0) is 20.4. The van der Waals surface area contributed by atoms with Crippen molar-refractivity contribution in [1.29, 1.82) is 0 Å². The van der Waals surface area contributed by atoms with Crippen LogP contribution in [0.3, 0.4) is 0 Å². The largest absolute Gasteiger partial charge is 0.481 e. The Hall–Kier alpha value is -3.19. The van der Waals surface area contributed by atoms with Crippen molar-refractivity contribution in [2.75, 3.05) is 40.3 Å². The minimum absolute atomic E-state index is 0.0355. The van der Waals surface area contributed by atoms with E-state index in [1.54, 1.807) is 19.4 Å². The van der Waals surface area contributed by atoms with Gasteiger partial charge >= 0.3 is 0 Å². The highest BCUT2D eigenvalue weighted by molar-refractivity contribution is 5.93. The van der Waals surface area contributed by atoms with Gasteiger partial charge in [-0.1, -0.05) is 17.7 Å². The van der Waals surface area contributed by atoms with Crippen molar-refractivity contribution in [2.24, 2.45) is 0 Å². The molecule has 0 bridgehead atoms. The lowest BCUT2D eigenvalue weighted by Crippen LogP contribution is -2.47. The number of aromatic nitrogens is 3. The van der Waals surface area contributed by atoms with Gasteiger partial charge in [-0.3, -0.25) is 9.36 Å². The number of amides is 1. The lowest BCUT2D eigenvalue weighted by atomic mass is 10.2. The Labute approximate surface area is 170 Å². The van der Waals surface area contributed by atoms with E-state index in [1.165, 1.54) is 5.56 Å². The summed E-state index contributed by atoms with van der Waals surface area (Å²) in [5.74, 6) is 1.18. The molecule has 1 saturated heterocycles. The molecule has 0 atom stereocenters. The number of imidazole rings is 1. The standard InChI is InChI=1S/C22H25N5O2/c1-16-4-7-18(8-5-16)27-15-19(22(28)26-12-10-25(2)11-13-26)24-21(27)17-6-9-20(29-3)23-14-17/h4-9,14-15H,10-13H2,1-3H3. The first-order valence-corrected chi connectivity index (χ1v) is 9.70. The molecule has 1 amide bonds. The van der Waals surface area contributed by atoms with Crippen LogP contribution in [0.2, 0.25) is 0 Å². The molecule has 1 aromatic carbocycles. The van der Waals surface area contributed by atoms with Gasteiger partial charge in [0.05, 0.1) is 7.11 Å². The van der Waals surface area contributed by atoms with Gasteiger partial charge in [0.25, 0.3) is 5.91 Å². The van der Waals surface area contributed by atoms with Gasteiger partial charge in [-0.2, -0.15) is 0 Å². The number of carbonyl (C=O) groups is 1. The second-order valence-electron chi connectivity index (χ2n) is 7.34. The molecule has 0 unspecified atom stereocenters. The maximum absolute atomic E-state index is 13.1. The van der Waals surface area contributed by atoms with E-state index in [4.69, 9.17) is 9.72 Å². The molecule has 150 valence electrons. The Bertz CT molecular complexity index is 987. The molecule has 0 saturated carbocycles. The van der Waals surface area contributed by atoms with E-state index in [1.807, 2.05) is 52.9 Å². The van der Waals surface area contributed by atoms with Crippen LogP contribution in [0.15, 0.2) is 48.8 Å². The van der Waals surface area contributed by atoms with E-state index in [0.29, 0.717) is 30.5 Å². The fraction of sp³-hybridized carbons (Fsp3) is 0.318. The SMILES string of the molecule is COc1ccc(-c2nc(C(=O)N3CCN(C)CC3)cn2-c2ccc(C)cc2)cn1. The minimum atomic E-state index is -0.0355. The Morgan fingerprint density at radius 1 is 1.03 bits per heavy atom. The van der Waals surface area contributed by atoms with Crippen LogP contribution < -0.4 is 4.74 Å². The molecule has 3 heterocycles. The third kappa shape index (κ3) is 4.00. The van der Waals surface area contributed by atoms with Crippen LogP contribution in [0.4, 0.5) is 0 Å². The molecule has 0 spiro atoms. The maximum atomic E-state index is 13.1. The van der Waals surface area contributed by atoms with Crippen molar-refractivity contribution in [3.05, 3.63) is 60.0 Å². The molecule has 2 aromatic heterocycles. The maximum Gasteiger partial charge on any atom is 0.274 e. The summed E-state index contributed by atoms with van der Waals surface area (Å²) in [5, 5.41) is 0. The van der Waals surface area contributed by atoms with Crippen LogP contribution in [-0.2, 0) is 0 Å².